The van der Waals surface area contributed by atoms with Crippen molar-refractivity contribution in [3.8, 4) is 0 Å². The molecule has 0 aromatic heterocycles. The van der Waals surface area contributed by atoms with Crippen molar-refractivity contribution in [3.63, 3.8) is 0 Å². The van der Waals surface area contributed by atoms with Gasteiger partial charge in [-0.2, -0.15) is 0 Å². The molecule has 4 rings (SSSR count). The number of hydrogen-bond acceptors (Lipinski definition) is 6. The summed E-state index contributed by atoms with van der Waals surface area (Å²) in [5, 5.41) is 0. The van der Waals surface area contributed by atoms with Crippen molar-refractivity contribution in [2.75, 3.05) is 6.61 Å². The zero-order chi connectivity index (χ0) is 24.1. The average Bonchev–Trinajstić information content (AvgIpc) is 2.95. The third kappa shape index (κ3) is 4.43. The minimum atomic E-state index is -0.721. The molecule has 3 aliphatic carbocycles. The SMILES string of the molecule is CCCCOC(=O)C1C2CCC3C(OC(=O)C31)C2OC(=O)C(C)(CC(C)(C)C)C(C)(C)C. The highest BCUT2D eigenvalue weighted by molar-refractivity contribution is 5.86. The van der Waals surface area contributed by atoms with Crippen LogP contribution in [0.15, 0.2) is 0 Å². The van der Waals surface area contributed by atoms with E-state index in [0.717, 1.165) is 25.7 Å². The van der Waals surface area contributed by atoms with E-state index in [2.05, 4.69) is 41.5 Å². The van der Waals surface area contributed by atoms with Crippen molar-refractivity contribution in [2.45, 2.75) is 99.7 Å². The van der Waals surface area contributed by atoms with Gasteiger partial charge in [-0.15, -0.1) is 0 Å². The first kappa shape index (κ1) is 25.0. The Hall–Kier alpha value is -1.59. The molecule has 1 saturated heterocycles. The normalized spacial score (nSPS) is 33.4. The number of rotatable bonds is 7. The summed E-state index contributed by atoms with van der Waals surface area (Å²) in [6.45, 7) is 16.9. The van der Waals surface area contributed by atoms with E-state index in [4.69, 9.17) is 14.2 Å². The third-order valence-corrected chi connectivity index (χ3v) is 8.08. The Bertz CT molecular complexity index is 744. The van der Waals surface area contributed by atoms with Gasteiger partial charge in [0, 0.05) is 11.8 Å². The van der Waals surface area contributed by atoms with Crippen LogP contribution >= 0.6 is 0 Å². The van der Waals surface area contributed by atoms with Crippen LogP contribution in [-0.2, 0) is 28.6 Å². The van der Waals surface area contributed by atoms with Gasteiger partial charge in [-0.1, -0.05) is 54.9 Å². The number of ether oxygens (including phenoxy) is 3. The molecule has 7 atom stereocenters. The summed E-state index contributed by atoms with van der Waals surface area (Å²) < 4.78 is 17.5. The number of fused-ring (bicyclic) bond motifs is 1. The molecular formula is C26H42O6. The summed E-state index contributed by atoms with van der Waals surface area (Å²) in [6, 6.07) is 0. The molecule has 3 saturated carbocycles. The van der Waals surface area contributed by atoms with Gasteiger partial charge in [0.1, 0.15) is 12.2 Å². The second kappa shape index (κ2) is 8.64. The molecule has 7 unspecified atom stereocenters. The molecule has 0 N–H and O–H groups in total. The lowest BCUT2D eigenvalue weighted by atomic mass is 9.57. The molecular weight excluding hydrogens is 408 g/mol. The highest BCUT2D eigenvalue weighted by Crippen LogP contribution is 2.56. The number of carbonyl (C=O) groups excluding carboxylic acids is 3. The van der Waals surface area contributed by atoms with Gasteiger partial charge in [0.25, 0.3) is 0 Å². The lowest BCUT2D eigenvalue weighted by Gasteiger charge is -2.49. The van der Waals surface area contributed by atoms with Crippen LogP contribution in [-0.4, -0.2) is 36.7 Å². The molecule has 1 heterocycles. The lowest BCUT2D eigenvalue weighted by Crippen LogP contribution is -2.58. The van der Waals surface area contributed by atoms with Crippen molar-refractivity contribution in [1.82, 2.24) is 0 Å². The third-order valence-electron chi connectivity index (χ3n) is 8.08. The number of esters is 3. The quantitative estimate of drug-likeness (QED) is 0.311. The molecule has 6 nitrogen and oxygen atoms in total. The number of hydrogen-bond donors (Lipinski definition) is 0. The molecule has 1 aliphatic heterocycles. The molecule has 32 heavy (non-hydrogen) atoms. The van der Waals surface area contributed by atoms with Gasteiger partial charge < -0.3 is 14.2 Å². The number of carbonyl (C=O) groups is 3. The fraction of sp³-hybridized carbons (Fsp3) is 0.885. The predicted octanol–water partition coefficient (Wildman–Crippen LogP) is 4.93. The van der Waals surface area contributed by atoms with Crippen LogP contribution < -0.4 is 0 Å². The largest absolute Gasteiger partial charge is 0.465 e. The smallest absolute Gasteiger partial charge is 0.312 e. The van der Waals surface area contributed by atoms with Gasteiger partial charge in [-0.05, 0) is 43.4 Å². The van der Waals surface area contributed by atoms with Crippen LogP contribution in [0.25, 0.3) is 0 Å². The molecule has 6 heteroatoms. The van der Waals surface area contributed by atoms with Crippen LogP contribution in [0.1, 0.15) is 87.5 Å². The monoisotopic (exact) mass is 450 g/mol. The minimum Gasteiger partial charge on any atom is -0.465 e. The lowest BCUT2D eigenvalue weighted by molar-refractivity contribution is -0.198. The Morgan fingerprint density at radius 2 is 1.66 bits per heavy atom. The average molecular weight is 451 g/mol. The van der Waals surface area contributed by atoms with Crippen molar-refractivity contribution < 1.29 is 28.6 Å². The van der Waals surface area contributed by atoms with Gasteiger partial charge in [0.2, 0.25) is 0 Å². The van der Waals surface area contributed by atoms with Crippen LogP contribution in [0, 0.1) is 39.9 Å². The summed E-state index contributed by atoms with van der Waals surface area (Å²) in [4.78, 5) is 39.4. The first-order valence-electron chi connectivity index (χ1n) is 12.3. The van der Waals surface area contributed by atoms with Crippen LogP contribution in [0.5, 0.6) is 0 Å². The van der Waals surface area contributed by atoms with Crippen molar-refractivity contribution >= 4 is 17.9 Å². The van der Waals surface area contributed by atoms with Crippen LogP contribution in [0.4, 0.5) is 0 Å². The molecule has 0 amide bonds. The second-order valence-corrected chi connectivity index (χ2v) is 12.6. The topological polar surface area (TPSA) is 78.9 Å². The second-order valence-electron chi connectivity index (χ2n) is 12.6. The first-order valence-corrected chi connectivity index (χ1v) is 12.3. The summed E-state index contributed by atoms with van der Waals surface area (Å²) in [7, 11) is 0. The Balaban J connectivity index is 1.86. The zero-order valence-electron chi connectivity index (χ0n) is 21.2. The molecule has 0 aromatic rings. The van der Waals surface area contributed by atoms with Crippen molar-refractivity contribution in [1.29, 1.82) is 0 Å². The fourth-order valence-corrected chi connectivity index (χ4v) is 6.04. The maximum Gasteiger partial charge on any atom is 0.312 e. The van der Waals surface area contributed by atoms with E-state index in [0.29, 0.717) is 13.0 Å². The van der Waals surface area contributed by atoms with E-state index in [9.17, 15) is 14.4 Å². The fourth-order valence-electron chi connectivity index (χ4n) is 6.04. The summed E-state index contributed by atoms with van der Waals surface area (Å²) in [5.41, 5.74) is -1.11. The molecule has 0 aromatic carbocycles. The predicted molar refractivity (Wildman–Crippen MR) is 120 cm³/mol. The van der Waals surface area contributed by atoms with E-state index in [1.54, 1.807) is 0 Å². The van der Waals surface area contributed by atoms with Gasteiger partial charge in [-0.25, -0.2) is 0 Å². The molecule has 4 fully saturated rings. The van der Waals surface area contributed by atoms with Crippen molar-refractivity contribution in [3.05, 3.63) is 0 Å². The standard InChI is InChI=1S/C26H42O6/c1-9-10-13-30-21(27)17-15-11-12-16-18(17)22(28)31-19(16)20(15)32-23(29)26(8,25(5,6)7)14-24(2,3)4/h15-20H,9-14H2,1-8H3. The zero-order valence-corrected chi connectivity index (χ0v) is 21.2. The Kier molecular flexibility index (Phi) is 6.76. The summed E-state index contributed by atoms with van der Waals surface area (Å²) in [5.74, 6) is -2.32. The van der Waals surface area contributed by atoms with Gasteiger partial charge >= 0.3 is 17.9 Å². The van der Waals surface area contributed by atoms with Gasteiger partial charge in [0.15, 0.2) is 0 Å². The highest BCUT2D eigenvalue weighted by atomic mass is 16.6. The van der Waals surface area contributed by atoms with E-state index in [1.807, 2.05) is 13.8 Å². The number of unbranched alkanes of at least 4 members (excludes halogenated alkanes) is 1. The molecule has 0 spiro atoms. The minimum absolute atomic E-state index is 0.0663. The Labute approximate surface area is 193 Å². The van der Waals surface area contributed by atoms with Gasteiger partial charge in [-0.3, -0.25) is 14.4 Å². The molecule has 4 bridgehead atoms. The van der Waals surface area contributed by atoms with E-state index >= 15 is 0 Å². The van der Waals surface area contributed by atoms with Crippen LogP contribution in [0.2, 0.25) is 0 Å². The Morgan fingerprint density at radius 3 is 2.22 bits per heavy atom. The van der Waals surface area contributed by atoms with E-state index in [1.165, 1.54) is 0 Å². The maximum atomic E-state index is 13.7. The molecule has 4 aliphatic rings. The maximum absolute atomic E-state index is 13.7. The van der Waals surface area contributed by atoms with E-state index in [-0.39, 0.29) is 40.6 Å². The first-order chi connectivity index (χ1) is 14.7. The van der Waals surface area contributed by atoms with E-state index < -0.39 is 29.5 Å². The summed E-state index contributed by atoms with van der Waals surface area (Å²) >= 11 is 0. The molecule has 182 valence electrons. The summed E-state index contributed by atoms with van der Waals surface area (Å²) in [6.07, 6.45) is 2.90. The Morgan fingerprint density at radius 1 is 1.03 bits per heavy atom. The highest BCUT2D eigenvalue weighted by Gasteiger charge is 2.67. The van der Waals surface area contributed by atoms with Gasteiger partial charge in [0.05, 0.1) is 23.9 Å². The van der Waals surface area contributed by atoms with Crippen molar-refractivity contribution in [2.24, 2.45) is 39.9 Å². The molecule has 0 radical (unpaired) electrons. The van der Waals surface area contributed by atoms with Crippen LogP contribution in [0.3, 0.4) is 0 Å².